The minimum Gasteiger partial charge on any atom is -0.393 e. The number of urea groups is 1. The Labute approximate surface area is 118 Å². The number of amides is 2. The molecule has 0 radical (unpaired) electrons. The van der Waals surface area contributed by atoms with Gasteiger partial charge in [-0.2, -0.15) is 0 Å². The number of aliphatic hydroxyl groups excluding tert-OH is 1. The van der Waals surface area contributed by atoms with E-state index in [1.807, 2.05) is 19.1 Å². The van der Waals surface area contributed by atoms with E-state index in [4.69, 9.17) is 11.6 Å². The Morgan fingerprint density at radius 2 is 2.00 bits per heavy atom. The minimum absolute atomic E-state index is 0.131. The summed E-state index contributed by atoms with van der Waals surface area (Å²) in [4.78, 5) is 11.9. The molecule has 1 aliphatic rings. The fourth-order valence-electron chi connectivity index (χ4n) is 2.31. The third-order valence-electron chi connectivity index (χ3n) is 3.47. The number of aliphatic hydroxyl groups is 1. The van der Waals surface area contributed by atoms with Gasteiger partial charge in [-0.25, -0.2) is 4.79 Å². The van der Waals surface area contributed by atoms with Crippen molar-refractivity contribution in [2.45, 2.75) is 44.8 Å². The zero-order chi connectivity index (χ0) is 13.8. The van der Waals surface area contributed by atoms with Crippen LogP contribution in [0.1, 0.15) is 31.2 Å². The highest BCUT2D eigenvalue weighted by Crippen LogP contribution is 2.25. The highest BCUT2D eigenvalue weighted by atomic mass is 35.5. The van der Waals surface area contributed by atoms with Gasteiger partial charge in [0, 0.05) is 6.04 Å². The molecule has 1 aromatic carbocycles. The minimum atomic E-state index is -0.242. The Hall–Kier alpha value is -1.26. The molecule has 0 unspecified atom stereocenters. The summed E-state index contributed by atoms with van der Waals surface area (Å²) < 4.78 is 0. The quantitative estimate of drug-likeness (QED) is 0.781. The Morgan fingerprint density at radius 1 is 1.32 bits per heavy atom. The van der Waals surface area contributed by atoms with Crippen molar-refractivity contribution in [3.8, 4) is 0 Å². The van der Waals surface area contributed by atoms with E-state index in [0.717, 1.165) is 31.2 Å². The molecule has 0 bridgehead atoms. The molecule has 1 saturated carbocycles. The number of carbonyl (C=O) groups excluding carboxylic acids is 1. The summed E-state index contributed by atoms with van der Waals surface area (Å²) >= 11 is 6.12. The summed E-state index contributed by atoms with van der Waals surface area (Å²) in [6, 6.07) is 5.42. The first-order chi connectivity index (χ1) is 9.06. The highest BCUT2D eigenvalue weighted by molar-refractivity contribution is 6.34. The molecule has 1 aliphatic carbocycles. The van der Waals surface area contributed by atoms with E-state index < -0.39 is 0 Å². The second kappa shape index (κ2) is 6.26. The first kappa shape index (κ1) is 14.2. The average Bonchev–Trinajstić information content (AvgIpc) is 2.38. The van der Waals surface area contributed by atoms with Crippen molar-refractivity contribution in [2.75, 3.05) is 5.32 Å². The lowest BCUT2D eigenvalue weighted by Crippen LogP contribution is -2.40. The van der Waals surface area contributed by atoms with Crippen molar-refractivity contribution in [1.29, 1.82) is 0 Å². The molecule has 104 valence electrons. The van der Waals surface area contributed by atoms with Crippen molar-refractivity contribution in [3.63, 3.8) is 0 Å². The molecule has 0 aliphatic heterocycles. The van der Waals surface area contributed by atoms with E-state index in [0.29, 0.717) is 10.7 Å². The zero-order valence-electron chi connectivity index (χ0n) is 10.9. The maximum atomic E-state index is 11.9. The molecule has 19 heavy (non-hydrogen) atoms. The van der Waals surface area contributed by atoms with Gasteiger partial charge in [0.2, 0.25) is 0 Å². The summed E-state index contributed by atoms with van der Waals surface area (Å²) in [5.74, 6) is 0. The Morgan fingerprint density at radius 3 is 2.68 bits per heavy atom. The monoisotopic (exact) mass is 282 g/mol. The molecule has 0 saturated heterocycles. The van der Waals surface area contributed by atoms with E-state index in [1.165, 1.54) is 0 Å². The third kappa shape index (κ3) is 3.85. The van der Waals surface area contributed by atoms with Gasteiger partial charge in [0.15, 0.2) is 0 Å². The van der Waals surface area contributed by atoms with Gasteiger partial charge in [-0.1, -0.05) is 23.7 Å². The molecular weight excluding hydrogens is 264 g/mol. The number of halogens is 1. The van der Waals surface area contributed by atoms with Crippen LogP contribution in [0.25, 0.3) is 0 Å². The number of hydrogen-bond acceptors (Lipinski definition) is 2. The Balaban J connectivity index is 1.89. The van der Waals surface area contributed by atoms with Crippen molar-refractivity contribution >= 4 is 23.3 Å². The van der Waals surface area contributed by atoms with Gasteiger partial charge < -0.3 is 15.7 Å². The van der Waals surface area contributed by atoms with Gasteiger partial charge in [-0.3, -0.25) is 0 Å². The Bertz CT molecular complexity index is 457. The van der Waals surface area contributed by atoms with Crippen LogP contribution < -0.4 is 10.6 Å². The van der Waals surface area contributed by atoms with Crippen LogP contribution >= 0.6 is 11.6 Å². The maximum Gasteiger partial charge on any atom is 0.319 e. The van der Waals surface area contributed by atoms with Crippen LogP contribution in [0, 0.1) is 6.92 Å². The second-order valence-corrected chi connectivity index (χ2v) is 5.42. The van der Waals surface area contributed by atoms with Crippen molar-refractivity contribution in [1.82, 2.24) is 5.32 Å². The zero-order valence-corrected chi connectivity index (χ0v) is 11.7. The number of rotatable bonds is 2. The van der Waals surface area contributed by atoms with Gasteiger partial charge in [-0.05, 0) is 44.2 Å². The van der Waals surface area contributed by atoms with E-state index in [-0.39, 0.29) is 18.2 Å². The molecule has 2 rings (SSSR count). The molecule has 1 fully saturated rings. The van der Waals surface area contributed by atoms with Crippen LogP contribution in [-0.4, -0.2) is 23.3 Å². The lowest BCUT2D eigenvalue weighted by molar-refractivity contribution is 0.118. The van der Waals surface area contributed by atoms with Crippen LogP contribution in [-0.2, 0) is 0 Å². The molecule has 4 nitrogen and oxygen atoms in total. The first-order valence-electron chi connectivity index (χ1n) is 6.57. The van der Waals surface area contributed by atoms with Crippen molar-refractivity contribution in [2.24, 2.45) is 0 Å². The molecule has 5 heteroatoms. The first-order valence-corrected chi connectivity index (χ1v) is 6.94. The summed E-state index contributed by atoms with van der Waals surface area (Å²) in [7, 11) is 0. The van der Waals surface area contributed by atoms with Gasteiger partial charge in [0.1, 0.15) is 0 Å². The highest BCUT2D eigenvalue weighted by Gasteiger charge is 2.20. The van der Waals surface area contributed by atoms with Crippen LogP contribution in [0.5, 0.6) is 0 Å². The Kier molecular flexibility index (Phi) is 4.66. The normalized spacial score (nSPS) is 22.9. The van der Waals surface area contributed by atoms with Crippen LogP contribution in [0.15, 0.2) is 18.2 Å². The smallest absolute Gasteiger partial charge is 0.319 e. The summed E-state index contributed by atoms with van der Waals surface area (Å²) in [6.07, 6.45) is 2.91. The SMILES string of the molecule is Cc1cccc(NC(=O)NC2CCC(O)CC2)c1Cl. The standard InChI is InChI=1S/C14H19ClN2O2/c1-9-3-2-4-12(13(9)15)17-14(19)16-10-5-7-11(18)8-6-10/h2-4,10-11,18H,5-8H2,1H3,(H2,16,17,19). The molecule has 0 heterocycles. The van der Waals surface area contributed by atoms with Crippen LogP contribution in [0.4, 0.5) is 10.5 Å². The number of anilines is 1. The fourth-order valence-corrected chi connectivity index (χ4v) is 2.48. The predicted molar refractivity (Wildman–Crippen MR) is 76.6 cm³/mol. The maximum absolute atomic E-state index is 11.9. The molecule has 0 spiro atoms. The lowest BCUT2D eigenvalue weighted by Gasteiger charge is -2.26. The molecule has 1 aromatic rings. The van der Waals surface area contributed by atoms with Gasteiger partial charge in [0.05, 0.1) is 16.8 Å². The molecule has 2 amide bonds. The van der Waals surface area contributed by atoms with Crippen molar-refractivity contribution < 1.29 is 9.90 Å². The van der Waals surface area contributed by atoms with Crippen molar-refractivity contribution in [3.05, 3.63) is 28.8 Å². The summed E-state index contributed by atoms with van der Waals surface area (Å²) in [5, 5.41) is 15.7. The van der Waals surface area contributed by atoms with E-state index >= 15 is 0 Å². The number of benzene rings is 1. The average molecular weight is 283 g/mol. The van der Waals surface area contributed by atoms with Crippen LogP contribution in [0.2, 0.25) is 5.02 Å². The molecule has 0 aromatic heterocycles. The van der Waals surface area contributed by atoms with Crippen LogP contribution in [0.3, 0.4) is 0 Å². The largest absolute Gasteiger partial charge is 0.393 e. The van der Waals surface area contributed by atoms with E-state index in [1.54, 1.807) is 6.07 Å². The molecule has 0 atom stereocenters. The van der Waals surface area contributed by atoms with E-state index in [9.17, 15) is 9.90 Å². The summed E-state index contributed by atoms with van der Waals surface area (Å²) in [5.41, 5.74) is 1.55. The fraction of sp³-hybridized carbons (Fsp3) is 0.500. The second-order valence-electron chi connectivity index (χ2n) is 5.04. The number of carbonyl (C=O) groups is 1. The van der Waals surface area contributed by atoms with Gasteiger partial charge in [-0.15, -0.1) is 0 Å². The number of nitrogens with one attached hydrogen (secondary N) is 2. The predicted octanol–water partition coefficient (Wildman–Crippen LogP) is 3.07. The number of aryl methyl sites for hydroxylation is 1. The topological polar surface area (TPSA) is 61.4 Å². The summed E-state index contributed by atoms with van der Waals surface area (Å²) in [6.45, 7) is 1.90. The van der Waals surface area contributed by atoms with Gasteiger partial charge >= 0.3 is 6.03 Å². The lowest BCUT2D eigenvalue weighted by atomic mass is 9.93. The molecule has 3 N–H and O–H groups in total. The third-order valence-corrected chi connectivity index (χ3v) is 3.97. The number of hydrogen-bond donors (Lipinski definition) is 3. The molecular formula is C14H19ClN2O2. The van der Waals surface area contributed by atoms with E-state index in [2.05, 4.69) is 10.6 Å². The van der Waals surface area contributed by atoms with Gasteiger partial charge in [0.25, 0.3) is 0 Å².